The van der Waals surface area contributed by atoms with Crippen LogP contribution in [0.2, 0.25) is 0 Å². The molecule has 1 aliphatic rings. The second kappa shape index (κ2) is 10.3. The van der Waals surface area contributed by atoms with Gasteiger partial charge in [0.15, 0.2) is 5.96 Å². The Morgan fingerprint density at radius 1 is 1.25 bits per heavy atom. The van der Waals surface area contributed by atoms with Crippen LogP contribution in [0, 0.1) is 0 Å². The molecule has 3 rings (SSSR count). The lowest BCUT2D eigenvalue weighted by Gasteiger charge is -2.16. The van der Waals surface area contributed by atoms with E-state index < -0.39 is 0 Å². The van der Waals surface area contributed by atoms with Crippen LogP contribution >= 0.6 is 0 Å². The third-order valence-corrected chi connectivity index (χ3v) is 4.38. The van der Waals surface area contributed by atoms with Gasteiger partial charge in [-0.25, -0.2) is 4.99 Å². The summed E-state index contributed by atoms with van der Waals surface area (Å²) >= 11 is 0. The molecule has 7 nitrogen and oxygen atoms in total. The van der Waals surface area contributed by atoms with Gasteiger partial charge in [0.25, 0.3) is 0 Å². The fourth-order valence-corrected chi connectivity index (χ4v) is 2.99. The Kier molecular flexibility index (Phi) is 7.23. The first-order valence-electron chi connectivity index (χ1n) is 9.70. The van der Waals surface area contributed by atoms with Crippen LogP contribution in [0.3, 0.4) is 0 Å². The summed E-state index contributed by atoms with van der Waals surface area (Å²) in [5, 5.41) is 6.50. The number of aromatic nitrogens is 1. The Balaban J connectivity index is 1.48. The van der Waals surface area contributed by atoms with Gasteiger partial charge >= 0.3 is 0 Å². The summed E-state index contributed by atoms with van der Waals surface area (Å²) in [5.41, 5.74) is 2.06. The Hall–Kier alpha value is -3.09. The zero-order valence-corrected chi connectivity index (χ0v) is 16.2. The van der Waals surface area contributed by atoms with E-state index in [-0.39, 0.29) is 5.91 Å². The molecule has 1 saturated heterocycles. The number of rotatable bonds is 8. The van der Waals surface area contributed by atoms with E-state index in [1.54, 1.807) is 12.4 Å². The SMILES string of the molecule is CCNC(=NCc1ccc(N2CCCC2=O)cc1)NCCOc1cccnc1. The molecule has 1 aromatic heterocycles. The zero-order chi connectivity index (χ0) is 19.6. The summed E-state index contributed by atoms with van der Waals surface area (Å²) in [6.07, 6.45) is 5.00. The predicted molar refractivity (Wildman–Crippen MR) is 111 cm³/mol. The van der Waals surface area contributed by atoms with Gasteiger partial charge in [0.05, 0.1) is 19.3 Å². The van der Waals surface area contributed by atoms with Crippen molar-refractivity contribution in [2.24, 2.45) is 4.99 Å². The fraction of sp³-hybridized carbons (Fsp3) is 0.381. The normalized spacial score (nSPS) is 14.2. The molecule has 0 bridgehead atoms. The van der Waals surface area contributed by atoms with Gasteiger partial charge < -0.3 is 20.3 Å². The topological polar surface area (TPSA) is 78.9 Å². The molecule has 1 aromatic carbocycles. The summed E-state index contributed by atoms with van der Waals surface area (Å²) in [7, 11) is 0. The molecule has 1 amide bonds. The van der Waals surface area contributed by atoms with E-state index in [1.807, 2.05) is 48.2 Å². The number of guanidine groups is 1. The number of anilines is 1. The highest BCUT2D eigenvalue weighted by atomic mass is 16.5. The van der Waals surface area contributed by atoms with Crippen LogP contribution in [0.5, 0.6) is 5.75 Å². The molecular weight excluding hydrogens is 354 g/mol. The van der Waals surface area contributed by atoms with Gasteiger partial charge in [0.1, 0.15) is 12.4 Å². The average Bonchev–Trinajstić information content (AvgIpc) is 3.16. The van der Waals surface area contributed by atoms with Crippen LogP contribution in [0.15, 0.2) is 53.8 Å². The molecule has 0 aliphatic carbocycles. The number of amides is 1. The second-order valence-electron chi connectivity index (χ2n) is 6.47. The van der Waals surface area contributed by atoms with E-state index in [4.69, 9.17) is 4.74 Å². The van der Waals surface area contributed by atoms with E-state index in [1.165, 1.54) is 0 Å². The molecule has 7 heteroatoms. The summed E-state index contributed by atoms with van der Waals surface area (Å²) < 4.78 is 5.63. The first kappa shape index (κ1) is 19.7. The number of pyridine rings is 1. The van der Waals surface area contributed by atoms with E-state index in [0.29, 0.717) is 26.1 Å². The molecule has 0 radical (unpaired) electrons. The summed E-state index contributed by atoms with van der Waals surface area (Å²) in [4.78, 5) is 22.3. The Morgan fingerprint density at radius 2 is 2.11 bits per heavy atom. The number of carbonyl (C=O) groups excluding carboxylic acids is 1. The number of carbonyl (C=O) groups is 1. The van der Waals surface area contributed by atoms with Gasteiger partial charge in [-0.2, -0.15) is 0 Å². The van der Waals surface area contributed by atoms with Gasteiger partial charge in [-0.15, -0.1) is 0 Å². The van der Waals surface area contributed by atoms with Crippen molar-refractivity contribution < 1.29 is 9.53 Å². The first-order valence-corrected chi connectivity index (χ1v) is 9.70. The lowest BCUT2D eigenvalue weighted by Crippen LogP contribution is -2.39. The zero-order valence-electron chi connectivity index (χ0n) is 16.2. The Labute approximate surface area is 165 Å². The van der Waals surface area contributed by atoms with Gasteiger partial charge in [-0.05, 0) is 43.2 Å². The quantitative estimate of drug-likeness (QED) is 0.417. The fourth-order valence-electron chi connectivity index (χ4n) is 2.99. The maximum absolute atomic E-state index is 11.8. The minimum absolute atomic E-state index is 0.206. The highest BCUT2D eigenvalue weighted by molar-refractivity contribution is 5.95. The smallest absolute Gasteiger partial charge is 0.227 e. The lowest BCUT2D eigenvalue weighted by molar-refractivity contribution is -0.117. The summed E-state index contributed by atoms with van der Waals surface area (Å²) in [5.74, 6) is 1.71. The molecule has 2 N–H and O–H groups in total. The van der Waals surface area contributed by atoms with E-state index in [9.17, 15) is 4.79 Å². The van der Waals surface area contributed by atoms with Crippen LogP contribution < -0.4 is 20.3 Å². The van der Waals surface area contributed by atoms with Gasteiger partial charge in [0, 0.05) is 31.4 Å². The van der Waals surface area contributed by atoms with Crippen molar-refractivity contribution in [3.63, 3.8) is 0 Å². The molecule has 2 aromatic rings. The summed E-state index contributed by atoms with van der Waals surface area (Å²) in [6, 6.07) is 11.8. The molecule has 0 spiro atoms. The maximum Gasteiger partial charge on any atom is 0.227 e. The molecular formula is C21H27N5O2. The van der Waals surface area contributed by atoms with Crippen molar-refractivity contribution in [1.82, 2.24) is 15.6 Å². The van der Waals surface area contributed by atoms with Crippen molar-refractivity contribution in [1.29, 1.82) is 0 Å². The molecule has 148 valence electrons. The van der Waals surface area contributed by atoms with Crippen molar-refractivity contribution in [2.45, 2.75) is 26.3 Å². The number of benzene rings is 1. The Bertz CT molecular complexity index is 777. The van der Waals surface area contributed by atoms with Crippen LogP contribution in [0.25, 0.3) is 0 Å². The number of hydrogen-bond acceptors (Lipinski definition) is 4. The maximum atomic E-state index is 11.8. The van der Waals surface area contributed by atoms with Crippen LogP contribution in [-0.4, -0.2) is 43.1 Å². The Morgan fingerprint density at radius 3 is 2.79 bits per heavy atom. The van der Waals surface area contributed by atoms with Crippen LogP contribution in [0.4, 0.5) is 5.69 Å². The van der Waals surface area contributed by atoms with Gasteiger partial charge in [0.2, 0.25) is 5.91 Å². The highest BCUT2D eigenvalue weighted by Crippen LogP contribution is 2.21. The second-order valence-corrected chi connectivity index (χ2v) is 6.47. The minimum atomic E-state index is 0.206. The minimum Gasteiger partial charge on any atom is -0.490 e. The van der Waals surface area contributed by atoms with Crippen molar-refractivity contribution >= 4 is 17.6 Å². The number of nitrogens with one attached hydrogen (secondary N) is 2. The van der Waals surface area contributed by atoms with E-state index in [0.717, 1.165) is 42.5 Å². The standard InChI is InChI=1S/C21H27N5O2/c1-2-23-21(24-12-14-28-19-5-3-11-22-16-19)25-15-17-7-9-18(10-8-17)26-13-4-6-20(26)27/h3,5,7-11,16H,2,4,6,12-15H2,1H3,(H2,23,24,25). The molecule has 0 saturated carbocycles. The predicted octanol–water partition coefficient (Wildman–Crippen LogP) is 2.34. The first-order chi connectivity index (χ1) is 13.8. The van der Waals surface area contributed by atoms with Gasteiger partial charge in [-0.3, -0.25) is 9.78 Å². The third kappa shape index (κ3) is 5.70. The molecule has 1 aliphatic heterocycles. The van der Waals surface area contributed by atoms with Gasteiger partial charge in [-0.1, -0.05) is 12.1 Å². The van der Waals surface area contributed by atoms with Crippen LogP contribution in [0.1, 0.15) is 25.3 Å². The number of aliphatic imine (C=N–C) groups is 1. The average molecular weight is 381 g/mol. The van der Waals surface area contributed by atoms with E-state index >= 15 is 0 Å². The highest BCUT2D eigenvalue weighted by Gasteiger charge is 2.21. The monoisotopic (exact) mass is 381 g/mol. The van der Waals surface area contributed by atoms with E-state index in [2.05, 4.69) is 20.6 Å². The number of hydrogen-bond donors (Lipinski definition) is 2. The molecule has 2 heterocycles. The molecule has 0 unspecified atom stereocenters. The molecule has 1 fully saturated rings. The summed E-state index contributed by atoms with van der Waals surface area (Å²) in [6.45, 7) is 5.35. The lowest BCUT2D eigenvalue weighted by atomic mass is 10.2. The third-order valence-electron chi connectivity index (χ3n) is 4.38. The van der Waals surface area contributed by atoms with Crippen molar-refractivity contribution in [3.05, 3.63) is 54.4 Å². The van der Waals surface area contributed by atoms with Crippen molar-refractivity contribution in [2.75, 3.05) is 31.1 Å². The number of nitrogens with zero attached hydrogens (tertiary/aromatic N) is 3. The van der Waals surface area contributed by atoms with Crippen molar-refractivity contribution in [3.8, 4) is 5.75 Å². The molecule has 28 heavy (non-hydrogen) atoms. The largest absolute Gasteiger partial charge is 0.490 e. The molecule has 0 atom stereocenters. The van der Waals surface area contributed by atoms with Crippen LogP contribution in [-0.2, 0) is 11.3 Å². The number of ether oxygens (including phenoxy) is 1.